The number of carbonyl (C=O) groups excluding carboxylic acids is 1. The van der Waals surface area contributed by atoms with E-state index in [9.17, 15) is 4.79 Å². The molecule has 0 bridgehead atoms. The number of hydrogen-bond acceptors (Lipinski definition) is 8. The molecule has 5 rings (SSSR count). The van der Waals surface area contributed by atoms with Gasteiger partial charge in [-0.25, -0.2) is 4.98 Å². The molecule has 0 aliphatic carbocycles. The zero-order chi connectivity index (χ0) is 22.6. The molecule has 0 radical (unpaired) electrons. The number of nitrogens with zero attached hydrogens (tertiary/aromatic N) is 5. The summed E-state index contributed by atoms with van der Waals surface area (Å²) in [5, 5.41) is 7.03. The number of pyridine rings is 1. The highest BCUT2D eigenvalue weighted by atomic mass is 16.5. The largest absolute Gasteiger partial charge is 0.378 e. The summed E-state index contributed by atoms with van der Waals surface area (Å²) in [6.45, 7) is 6.45. The van der Waals surface area contributed by atoms with Crippen molar-refractivity contribution in [1.82, 2.24) is 20.0 Å². The first kappa shape index (κ1) is 21.5. The van der Waals surface area contributed by atoms with Crippen LogP contribution >= 0.6 is 0 Å². The van der Waals surface area contributed by atoms with Crippen LogP contribution in [-0.2, 0) is 16.1 Å². The van der Waals surface area contributed by atoms with E-state index in [-0.39, 0.29) is 11.9 Å². The molecule has 1 atom stereocenters. The van der Waals surface area contributed by atoms with Gasteiger partial charge in [0.2, 0.25) is 17.6 Å². The average molecular weight is 449 g/mol. The number of morpholine rings is 1. The van der Waals surface area contributed by atoms with E-state index in [1.54, 1.807) is 0 Å². The van der Waals surface area contributed by atoms with Crippen molar-refractivity contribution in [2.24, 2.45) is 0 Å². The van der Waals surface area contributed by atoms with E-state index in [1.807, 2.05) is 42.6 Å². The van der Waals surface area contributed by atoms with E-state index >= 15 is 0 Å². The van der Waals surface area contributed by atoms with Crippen molar-refractivity contribution in [2.45, 2.75) is 32.4 Å². The quantitative estimate of drug-likeness (QED) is 0.614. The van der Waals surface area contributed by atoms with Crippen molar-refractivity contribution in [3.8, 4) is 11.4 Å². The Morgan fingerprint density at radius 3 is 2.67 bits per heavy atom. The molecule has 2 aromatic heterocycles. The lowest BCUT2D eigenvalue weighted by Crippen LogP contribution is -2.36. The van der Waals surface area contributed by atoms with Crippen molar-refractivity contribution in [2.75, 3.05) is 43.1 Å². The van der Waals surface area contributed by atoms with E-state index in [0.717, 1.165) is 69.3 Å². The molecule has 1 N–H and O–H groups in total. The second kappa shape index (κ2) is 9.68. The van der Waals surface area contributed by atoms with E-state index in [4.69, 9.17) is 14.2 Å². The summed E-state index contributed by atoms with van der Waals surface area (Å²) >= 11 is 0. The topological polar surface area (TPSA) is 96.6 Å². The zero-order valence-corrected chi connectivity index (χ0v) is 18.7. The van der Waals surface area contributed by atoms with Crippen LogP contribution in [0.2, 0.25) is 0 Å². The van der Waals surface area contributed by atoms with Crippen LogP contribution in [0.1, 0.15) is 37.3 Å². The van der Waals surface area contributed by atoms with Gasteiger partial charge in [-0.1, -0.05) is 17.3 Å². The Balaban J connectivity index is 1.25. The van der Waals surface area contributed by atoms with Crippen LogP contribution in [0, 0.1) is 0 Å². The highest BCUT2D eigenvalue weighted by Crippen LogP contribution is 2.33. The molecule has 9 heteroatoms. The maximum atomic E-state index is 11.2. The van der Waals surface area contributed by atoms with Gasteiger partial charge in [-0.05, 0) is 49.2 Å². The minimum atomic E-state index is -0.0690. The molecule has 2 aliphatic heterocycles. The average Bonchev–Trinajstić information content (AvgIpc) is 3.50. The number of amides is 1. The van der Waals surface area contributed by atoms with Gasteiger partial charge in [-0.15, -0.1) is 0 Å². The maximum absolute atomic E-state index is 11.2. The summed E-state index contributed by atoms with van der Waals surface area (Å²) in [4.78, 5) is 25.1. The number of carbonyl (C=O) groups is 1. The van der Waals surface area contributed by atoms with Crippen molar-refractivity contribution in [3.63, 3.8) is 0 Å². The number of anilines is 2. The van der Waals surface area contributed by atoms with Crippen LogP contribution in [0.25, 0.3) is 11.4 Å². The molecule has 1 aromatic carbocycles. The third-order valence-electron chi connectivity index (χ3n) is 6.09. The summed E-state index contributed by atoms with van der Waals surface area (Å²) in [5.74, 6) is 2.09. The summed E-state index contributed by atoms with van der Waals surface area (Å²) in [5.41, 5.74) is 2.83. The van der Waals surface area contributed by atoms with Gasteiger partial charge in [0.1, 0.15) is 5.82 Å². The van der Waals surface area contributed by atoms with Crippen LogP contribution in [0.3, 0.4) is 0 Å². The molecule has 172 valence electrons. The molecule has 1 unspecified atom stereocenters. The fourth-order valence-corrected chi connectivity index (χ4v) is 4.41. The standard InChI is InChI=1S/C24H28N6O3/c1-17(31)26-20-7-4-18(5-8-20)16-30-10-2-3-21(30)24-27-23(28-33-24)19-6-9-22(25-15-19)29-11-13-32-14-12-29/h4-9,15,21H,2-3,10-14,16H2,1H3,(H,26,31). The van der Waals surface area contributed by atoms with Crippen LogP contribution in [0.5, 0.6) is 0 Å². The Morgan fingerprint density at radius 2 is 1.94 bits per heavy atom. The second-order valence-corrected chi connectivity index (χ2v) is 8.47. The first-order valence-corrected chi connectivity index (χ1v) is 11.4. The lowest BCUT2D eigenvalue weighted by Gasteiger charge is -2.27. The normalized spacial score (nSPS) is 19.1. The molecule has 0 saturated carbocycles. The van der Waals surface area contributed by atoms with Crippen molar-refractivity contribution in [1.29, 1.82) is 0 Å². The highest BCUT2D eigenvalue weighted by Gasteiger charge is 2.31. The Kier molecular flexibility index (Phi) is 6.32. The summed E-state index contributed by atoms with van der Waals surface area (Å²) < 4.78 is 11.1. The van der Waals surface area contributed by atoms with Crippen LogP contribution in [-0.4, -0.2) is 58.8 Å². The van der Waals surface area contributed by atoms with Gasteiger partial charge in [0, 0.05) is 44.0 Å². The molecular weight excluding hydrogens is 420 g/mol. The number of nitrogens with one attached hydrogen (secondary N) is 1. The van der Waals surface area contributed by atoms with Gasteiger partial charge >= 0.3 is 0 Å². The van der Waals surface area contributed by atoms with Gasteiger partial charge in [0.15, 0.2) is 0 Å². The number of hydrogen-bond donors (Lipinski definition) is 1. The first-order valence-electron chi connectivity index (χ1n) is 11.4. The van der Waals surface area contributed by atoms with Gasteiger partial charge in [-0.3, -0.25) is 9.69 Å². The smallest absolute Gasteiger partial charge is 0.244 e. The zero-order valence-electron chi connectivity index (χ0n) is 18.7. The van der Waals surface area contributed by atoms with Gasteiger partial charge in [0.05, 0.1) is 19.3 Å². The summed E-state index contributed by atoms with van der Waals surface area (Å²) in [6, 6.07) is 12.0. The van der Waals surface area contributed by atoms with Crippen LogP contribution < -0.4 is 10.2 Å². The third kappa shape index (κ3) is 5.04. The number of benzene rings is 1. The molecular formula is C24H28N6O3. The van der Waals surface area contributed by atoms with Crippen LogP contribution in [0.4, 0.5) is 11.5 Å². The van der Waals surface area contributed by atoms with Crippen LogP contribution in [0.15, 0.2) is 47.1 Å². The third-order valence-corrected chi connectivity index (χ3v) is 6.09. The Morgan fingerprint density at radius 1 is 1.12 bits per heavy atom. The first-order chi connectivity index (χ1) is 16.2. The minimum Gasteiger partial charge on any atom is -0.378 e. The molecule has 1 amide bonds. The maximum Gasteiger partial charge on any atom is 0.244 e. The fraction of sp³-hybridized carbons (Fsp3) is 0.417. The lowest BCUT2D eigenvalue weighted by atomic mass is 10.1. The minimum absolute atomic E-state index is 0.0690. The highest BCUT2D eigenvalue weighted by molar-refractivity contribution is 5.88. The van der Waals surface area contributed by atoms with E-state index in [0.29, 0.717) is 11.7 Å². The summed E-state index contributed by atoms with van der Waals surface area (Å²) in [6.07, 6.45) is 3.88. The molecule has 2 saturated heterocycles. The van der Waals surface area contributed by atoms with E-state index < -0.39 is 0 Å². The lowest BCUT2D eigenvalue weighted by molar-refractivity contribution is -0.114. The predicted octanol–water partition coefficient (Wildman–Crippen LogP) is 3.26. The van der Waals surface area contributed by atoms with Crippen molar-refractivity contribution < 1.29 is 14.1 Å². The fourth-order valence-electron chi connectivity index (χ4n) is 4.41. The SMILES string of the molecule is CC(=O)Nc1ccc(CN2CCCC2c2nc(-c3ccc(N4CCOCC4)nc3)no2)cc1. The molecule has 2 aliphatic rings. The van der Waals surface area contributed by atoms with E-state index in [2.05, 4.69) is 25.3 Å². The summed E-state index contributed by atoms with van der Waals surface area (Å²) in [7, 11) is 0. The number of ether oxygens (including phenoxy) is 1. The Hall–Kier alpha value is -3.30. The Bertz CT molecular complexity index is 1080. The number of rotatable bonds is 6. The molecule has 9 nitrogen and oxygen atoms in total. The number of likely N-dealkylation sites (tertiary alicyclic amines) is 1. The van der Waals surface area contributed by atoms with Gasteiger partial charge < -0.3 is 19.5 Å². The van der Waals surface area contributed by atoms with Crippen molar-refractivity contribution in [3.05, 3.63) is 54.0 Å². The molecule has 4 heterocycles. The monoisotopic (exact) mass is 448 g/mol. The van der Waals surface area contributed by atoms with E-state index in [1.165, 1.54) is 12.5 Å². The molecule has 33 heavy (non-hydrogen) atoms. The predicted molar refractivity (Wildman–Crippen MR) is 124 cm³/mol. The molecule has 3 aromatic rings. The van der Waals surface area contributed by atoms with Crippen molar-refractivity contribution >= 4 is 17.4 Å². The number of aromatic nitrogens is 3. The molecule has 2 fully saturated rings. The van der Waals surface area contributed by atoms with Gasteiger partial charge in [-0.2, -0.15) is 4.98 Å². The second-order valence-electron chi connectivity index (χ2n) is 8.47. The van der Waals surface area contributed by atoms with Gasteiger partial charge in [0.25, 0.3) is 0 Å². The molecule has 0 spiro atoms. The Labute approximate surface area is 192 Å².